The number of aryl methyl sites for hydroxylation is 2. The van der Waals surface area contributed by atoms with Gasteiger partial charge in [-0.05, 0) is 55.2 Å². The van der Waals surface area contributed by atoms with Crippen molar-refractivity contribution in [3.63, 3.8) is 0 Å². The van der Waals surface area contributed by atoms with E-state index in [4.69, 9.17) is 0 Å². The molecule has 1 aliphatic heterocycles. The summed E-state index contributed by atoms with van der Waals surface area (Å²) in [5.74, 6) is 0.418. The Hall–Kier alpha value is -3.21. The molecule has 4 rings (SSSR count). The van der Waals surface area contributed by atoms with Crippen LogP contribution < -0.4 is 10.2 Å². The zero-order valence-corrected chi connectivity index (χ0v) is 14.9. The summed E-state index contributed by atoms with van der Waals surface area (Å²) in [6.45, 7) is 4.87. The van der Waals surface area contributed by atoms with Crippen molar-refractivity contribution in [1.29, 1.82) is 0 Å². The second-order valence-corrected chi connectivity index (χ2v) is 6.63. The number of hydrogen-bond donors (Lipinski definition) is 1. The first-order chi connectivity index (χ1) is 12.6. The Labute approximate surface area is 152 Å². The number of aromatic nitrogens is 2. The Balaban J connectivity index is 1.52. The molecular formula is C21H20N4O. The van der Waals surface area contributed by atoms with E-state index in [-0.39, 0.29) is 5.91 Å². The molecule has 3 aromatic rings. The topological polar surface area (TPSA) is 58.1 Å². The van der Waals surface area contributed by atoms with Gasteiger partial charge in [-0.25, -0.2) is 9.97 Å². The Bertz CT molecular complexity index is 946. The zero-order chi connectivity index (χ0) is 18.1. The summed E-state index contributed by atoms with van der Waals surface area (Å²) in [4.78, 5) is 23.4. The van der Waals surface area contributed by atoms with Gasteiger partial charge in [0.15, 0.2) is 0 Å². The minimum absolute atomic E-state index is 0.205. The molecule has 5 nitrogen and oxygen atoms in total. The smallest absolute Gasteiger partial charge is 0.258 e. The molecule has 1 amide bonds. The van der Waals surface area contributed by atoms with Crippen molar-refractivity contribution in [1.82, 2.24) is 9.97 Å². The molecule has 1 aliphatic rings. The van der Waals surface area contributed by atoms with Crippen LogP contribution in [-0.4, -0.2) is 22.4 Å². The van der Waals surface area contributed by atoms with Crippen molar-refractivity contribution in [3.05, 3.63) is 77.1 Å². The van der Waals surface area contributed by atoms with Crippen molar-refractivity contribution in [2.45, 2.75) is 20.3 Å². The van der Waals surface area contributed by atoms with Crippen molar-refractivity contribution in [3.8, 4) is 0 Å². The van der Waals surface area contributed by atoms with Crippen molar-refractivity contribution in [2.75, 3.05) is 16.8 Å². The van der Waals surface area contributed by atoms with Crippen LogP contribution in [0.3, 0.4) is 0 Å². The molecule has 0 bridgehead atoms. The largest absolute Gasteiger partial charge is 0.322 e. The lowest BCUT2D eigenvalue weighted by atomic mass is 10.1. The first-order valence-electron chi connectivity index (χ1n) is 8.67. The Morgan fingerprint density at radius 2 is 1.73 bits per heavy atom. The number of anilines is 3. The molecule has 2 aromatic carbocycles. The third kappa shape index (κ3) is 3.16. The number of nitrogens with one attached hydrogen (secondary N) is 1. The molecule has 1 N–H and O–H groups in total. The van der Waals surface area contributed by atoms with Gasteiger partial charge in [-0.3, -0.25) is 4.79 Å². The first kappa shape index (κ1) is 16.3. The molecule has 0 aliphatic carbocycles. The van der Waals surface area contributed by atoms with Gasteiger partial charge in [-0.1, -0.05) is 24.3 Å². The standard InChI is InChI=1S/C21H20N4O/c1-14-9-15(2)11-18(10-14)24-20(26)17-12-22-21(23-13-17)25-8-7-16-5-3-4-6-19(16)25/h3-6,9-13H,7-8H2,1-2H3,(H,24,26). The van der Waals surface area contributed by atoms with Crippen LogP contribution in [0, 0.1) is 13.8 Å². The summed E-state index contributed by atoms with van der Waals surface area (Å²) in [5.41, 5.74) is 5.89. The quantitative estimate of drug-likeness (QED) is 0.779. The van der Waals surface area contributed by atoms with E-state index >= 15 is 0 Å². The van der Waals surface area contributed by atoms with Crippen LogP contribution in [0.5, 0.6) is 0 Å². The third-order valence-corrected chi connectivity index (χ3v) is 4.51. The summed E-state index contributed by atoms with van der Waals surface area (Å²) >= 11 is 0. The average molecular weight is 344 g/mol. The Morgan fingerprint density at radius 3 is 2.46 bits per heavy atom. The maximum absolute atomic E-state index is 12.5. The second kappa shape index (κ2) is 6.59. The lowest BCUT2D eigenvalue weighted by Gasteiger charge is -2.17. The van der Waals surface area contributed by atoms with Crippen LogP contribution in [0.2, 0.25) is 0 Å². The van der Waals surface area contributed by atoms with Gasteiger partial charge < -0.3 is 10.2 Å². The van der Waals surface area contributed by atoms with Crippen LogP contribution in [0.25, 0.3) is 0 Å². The van der Waals surface area contributed by atoms with Crippen molar-refractivity contribution in [2.24, 2.45) is 0 Å². The fourth-order valence-corrected chi connectivity index (χ4v) is 3.37. The van der Waals surface area contributed by atoms with E-state index in [1.807, 2.05) is 38.1 Å². The molecule has 0 radical (unpaired) electrons. The highest BCUT2D eigenvalue weighted by Gasteiger charge is 2.22. The molecule has 1 aromatic heterocycles. The number of para-hydroxylation sites is 1. The number of benzene rings is 2. The molecule has 5 heteroatoms. The molecule has 0 saturated heterocycles. The van der Waals surface area contributed by atoms with E-state index < -0.39 is 0 Å². The molecule has 0 saturated carbocycles. The summed E-state index contributed by atoms with van der Waals surface area (Å²) in [6, 6.07) is 14.2. The first-order valence-corrected chi connectivity index (χ1v) is 8.67. The molecule has 26 heavy (non-hydrogen) atoms. The lowest BCUT2D eigenvalue weighted by molar-refractivity contribution is 0.102. The Kier molecular flexibility index (Phi) is 4.13. The van der Waals surface area contributed by atoms with E-state index in [2.05, 4.69) is 38.4 Å². The van der Waals surface area contributed by atoms with E-state index in [1.54, 1.807) is 12.4 Å². The zero-order valence-electron chi connectivity index (χ0n) is 14.9. The van der Waals surface area contributed by atoms with E-state index in [0.29, 0.717) is 11.5 Å². The van der Waals surface area contributed by atoms with E-state index in [0.717, 1.165) is 35.5 Å². The SMILES string of the molecule is Cc1cc(C)cc(NC(=O)c2cnc(N3CCc4ccccc43)nc2)c1. The van der Waals surface area contributed by atoms with Crippen molar-refractivity contribution >= 4 is 23.2 Å². The number of nitrogens with zero attached hydrogens (tertiary/aromatic N) is 3. The van der Waals surface area contributed by atoms with Gasteiger partial charge in [0.2, 0.25) is 5.95 Å². The average Bonchev–Trinajstić information content (AvgIpc) is 3.05. The van der Waals surface area contributed by atoms with Gasteiger partial charge in [0, 0.05) is 30.3 Å². The van der Waals surface area contributed by atoms with E-state index in [9.17, 15) is 4.79 Å². The van der Waals surface area contributed by atoms with Gasteiger partial charge in [0.05, 0.1) is 5.56 Å². The number of rotatable bonds is 3. The Morgan fingerprint density at radius 1 is 1.04 bits per heavy atom. The normalized spacial score (nSPS) is 12.8. The van der Waals surface area contributed by atoms with Crippen LogP contribution >= 0.6 is 0 Å². The van der Waals surface area contributed by atoms with Crippen LogP contribution in [0.1, 0.15) is 27.0 Å². The summed E-state index contributed by atoms with van der Waals surface area (Å²) in [5, 5.41) is 2.91. The van der Waals surface area contributed by atoms with Gasteiger partial charge in [-0.2, -0.15) is 0 Å². The molecule has 2 heterocycles. The number of hydrogen-bond acceptors (Lipinski definition) is 4. The summed E-state index contributed by atoms with van der Waals surface area (Å²) in [7, 11) is 0. The molecule has 0 unspecified atom stereocenters. The minimum Gasteiger partial charge on any atom is -0.322 e. The predicted octanol–water partition coefficient (Wildman–Crippen LogP) is 4.04. The minimum atomic E-state index is -0.205. The molecule has 0 fully saturated rings. The molecule has 0 atom stereocenters. The number of fused-ring (bicyclic) bond motifs is 1. The van der Waals surface area contributed by atoms with E-state index in [1.165, 1.54) is 5.56 Å². The number of carbonyl (C=O) groups is 1. The highest BCUT2D eigenvalue weighted by Crippen LogP contribution is 2.31. The lowest BCUT2D eigenvalue weighted by Crippen LogP contribution is -2.18. The third-order valence-electron chi connectivity index (χ3n) is 4.51. The van der Waals surface area contributed by atoms with Crippen LogP contribution in [-0.2, 0) is 6.42 Å². The van der Waals surface area contributed by atoms with Crippen LogP contribution in [0.4, 0.5) is 17.3 Å². The second-order valence-electron chi connectivity index (χ2n) is 6.63. The van der Waals surface area contributed by atoms with Crippen molar-refractivity contribution < 1.29 is 4.79 Å². The molecule has 0 spiro atoms. The maximum Gasteiger partial charge on any atom is 0.258 e. The summed E-state index contributed by atoms with van der Waals surface area (Å²) < 4.78 is 0. The highest BCUT2D eigenvalue weighted by molar-refractivity contribution is 6.04. The van der Waals surface area contributed by atoms with Gasteiger partial charge in [0.25, 0.3) is 5.91 Å². The highest BCUT2D eigenvalue weighted by atomic mass is 16.1. The maximum atomic E-state index is 12.5. The predicted molar refractivity (Wildman–Crippen MR) is 103 cm³/mol. The van der Waals surface area contributed by atoms with Crippen LogP contribution in [0.15, 0.2) is 54.9 Å². The van der Waals surface area contributed by atoms with Gasteiger partial charge in [-0.15, -0.1) is 0 Å². The summed E-state index contributed by atoms with van der Waals surface area (Å²) in [6.07, 6.45) is 4.15. The molecule has 130 valence electrons. The fraction of sp³-hybridized carbons (Fsp3) is 0.190. The number of carbonyl (C=O) groups excluding carboxylic acids is 1. The monoisotopic (exact) mass is 344 g/mol. The molecular weight excluding hydrogens is 324 g/mol. The van der Waals surface area contributed by atoms with Gasteiger partial charge in [0.1, 0.15) is 0 Å². The van der Waals surface area contributed by atoms with Gasteiger partial charge >= 0.3 is 0 Å². The fourth-order valence-electron chi connectivity index (χ4n) is 3.37. The number of amides is 1.